The summed E-state index contributed by atoms with van der Waals surface area (Å²) >= 11 is 0. The van der Waals surface area contributed by atoms with Crippen molar-refractivity contribution in [1.29, 1.82) is 0 Å². The van der Waals surface area contributed by atoms with Gasteiger partial charge in [-0.1, -0.05) is 0 Å². The normalized spacial score (nSPS) is 17.4. The lowest BCUT2D eigenvalue weighted by atomic mass is 10.3. The van der Waals surface area contributed by atoms with Gasteiger partial charge in [0.05, 0.1) is 18.8 Å². The molecular weight excluding hydrogens is 206 g/mol. The lowest BCUT2D eigenvalue weighted by Crippen LogP contribution is -2.35. The summed E-state index contributed by atoms with van der Waals surface area (Å²) in [5.74, 6) is 0. The highest BCUT2D eigenvalue weighted by atomic mass is 16.3. The Kier molecular flexibility index (Phi) is 3.36. The molecule has 1 saturated carbocycles. The highest BCUT2D eigenvalue weighted by molar-refractivity contribution is 5.02. The second kappa shape index (κ2) is 4.76. The molecule has 1 unspecified atom stereocenters. The van der Waals surface area contributed by atoms with Gasteiger partial charge in [0.1, 0.15) is 0 Å². The summed E-state index contributed by atoms with van der Waals surface area (Å²) in [7, 11) is 0. The topological polar surface area (TPSA) is 67.2 Å². The van der Waals surface area contributed by atoms with Gasteiger partial charge in [-0.15, -0.1) is 0 Å². The third-order valence-electron chi connectivity index (χ3n) is 2.61. The zero-order chi connectivity index (χ0) is 11.5. The van der Waals surface area contributed by atoms with E-state index >= 15 is 0 Å². The number of hydrogen-bond donors (Lipinski definition) is 2. The van der Waals surface area contributed by atoms with Crippen molar-refractivity contribution < 1.29 is 5.11 Å². The summed E-state index contributed by atoms with van der Waals surface area (Å²) in [6.45, 7) is 2.59. The average molecular weight is 223 g/mol. The van der Waals surface area contributed by atoms with Crippen molar-refractivity contribution >= 4 is 0 Å². The Morgan fingerprint density at radius 1 is 1.69 bits per heavy atom. The molecule has 1 aromatic rings. The third kappa shape index (κ3) is 3.15. The van der Waals surface area contributed by atoms with E-state index in [4.69, 9.17) is 0 Å². The fraction of sp³-hybridized carbons (Fsp3) is 0.636. The number of aliphatic hydroxyl groups excluding tert-OH is 1. The molecule has 1 heterocycles. The monoisotopic (exact) mass is 223 g/mol. The van der Waals surface area contributed by atoms with Crippen LogP contribution in [0.1, 0.15) is 18.4 Å². The molecular formula is C11H17N3O2. The van der Waals surface area contributed by atoms with Crippen molar-refractivity contribution in [2.24, 2.45) is 0 Å². The molecule has 0 radical (unpaired) electrons. The van der Waals surface area contributed by atoms with Crippen LogP contribution < -0.4 is 10.9 Å². The van der Waals surface area contributed by atoms with Gasteiger partial charge >= 0.3 is 0 Å². The number of hydrogen-bond acceptors (Lipinski definition) is 4. The summed E-state index contributed by atoms with van der Waals surface area (Å²) in [6.07, 6.45) is 3.45. The first-order valence-corrected chi connectivity index (χ1v) is 5.60. The molecule has 0 aromatic carbocycles. The molecule has 0 bridgehead atoms. The van der Waals surface area contributed by atoms with Crippen LogP contribution in [-0.4, -0.2) is 33.6 Å². The SMILES string of the molecule is Cc1cnn(CC(O)CNC2CC2)c(=O)c1. The van der Waals surface area contributed by atoms with Gasteiger partial charge < -0.3 is 10.4 Å². The van der Waals surface area contributed by atoms with E-state index in [0.29, 0.717) is 12.6 Å². The van der Waals surface area contributed by atoms with E-state index < -0.39 is 6.10 Å². The molecule has 1 aromatic heterocycles. The summed E-state index contributed by atoms with van der Waals surface area (Å²) in [5.41, 5.74) is 0.678. The molecule has 1 aliphatic carbocycles. The maximum absolute atomic E-state index is 11.5. The van der Waals surface area contributed by atoms with Crippen LogP contribution >= 0.6 is 0 Å². The van der Waals surface area contributed by atoms with Crippen molar-refractivity contribution in [3.8, 4) is 0 Å². The Balaban J connectivity index is 1.88. The van der Waals surface area contributed by atoms with Crippen LogP contribution in [0, 0.1) is 6.92 Å². The van der Waals surface area contributed by atoms with Gasteiger partial charge in [0.15, 0.2) is 0 Å². The first-order valence-electron chi connectivity index (χ1n) is 5.60. The number of aryl methyl sites for hydroxylation is 1. The van der Waals surface area contributed by atoms with Crippen molar-refractivity contribution in [3.63, 3.8) is 0 Å². The standard InChI is InChI=1S/C11H17N3O2/c1-8-4-11(16)14(13-5-8)7-10(15)6-12-9-2-3-9/h4-5,9-10,12,15H,2-3,6-7H2,1H3. The lowest BCUT2D eigenvalue weighted by molar-refractivity contribution is 0.144. The maximum atomic E-state index is 11.5. The second-order valence-corrected chi connectivity index (χ2v) is 4.39. The fourth-order valence-electron chi connectivity index (χ4n) is 1.52. The molecule has 1 aliphatic rings. The van der Waals surface area contributed by atoms with Crippen LogP contribution in [0.5, 0.6) is 0 Å². The first-order chi connectivity index (χ1) is 7.65. The predicted molar refractivity (Wildman–Crippen MR) is 60.3 cm³/mol. The van der Waals surface area contributed by atoms with E-state index in [1.165, 1.54) is 23.6 Å². The third-order valence-corrected chi connectivity index (χ3v) is 2.61. The van der Waals surface area contributed by atoms with Crippen molar-refractivity contribution in [1.82, 2.24) is 15.1 Å². The Hall–Kier alpha value is -1.20. The van der Waals surface area contributed by atoms with E-state index in [2.05, 4.69) is 10.4 Å². The first kappa shape index (κ1) is 11.3. The number of aromatic nitrogens is 2. The van der Waals surface area contributed by atoms with Crippen LogP contribution in [0.15, 0.2) is 17.1 Å². The number of nitrogens with zero attached hydrogens (tertiary/aromatic N) is 2. The molecule has 0 spiro atoms. The smallest absolute Gasteiger partial charge is 0.267 e. The van der Waals surface area contributed by atoms with E-state index in [1.54, 1.807) is 6.20 Å². The molecule has 2 rings (SSSR count). The zero-order valence-corrected chi connectivity index (χ0v) is 9.39. The second-order valence-electron chi connectivity index (χ2n) is 4.39. The fourth-order valence-corrected chi connectivity index (χ4v) is 1.52. The Bertz CT molecular complexity index is 412. The van der Waals surface area contributed by atoms with E-state index in [0.717, 1.165) is 5.56 Å². The molecule has 0 aliphatic heterocycles. The lowest BCUT2D eigenvalue weighted by Gasteiger charge is -2.12. The molecule has 2 N–H and O–H groups in total. The summed E-state index contributed by atoms with van der Waals surface area (Å²) in [5, 5.41) is 16.9. The molecule has 1 fully saturated rings. The van der Waals surface area contributed by atoms with Gasteiger partial charge in [-0.05, 0) is 25.3 Å². The number of rotatable bonds is 5. The summed E-state index contributed by atoms with van der Waals surface area (Å²) < 4.78 is 1.30. The van der Waals surface area contributed by atoms with Crippen LogP contribution in [0.4, 0.5) is 0 Å². The minimum Gasteiger partial charge on any atom is -0.390 e. The Morgan fingerprint density at radius 3 is 3.06 bits per heavy atom. The van der Waals surface area contributed by atoms with Gasteiger partial charge in [0.2, 0.25) is 0 Å². The Labute approximate surface area is 94.1 Å². The van der Waals surface area contributed by atoms with Crippen LogP contribution in [0.3, 0.4) is 0 Å². The quantitative estimate of drug-likeness (QED) is 0.717. The minimum absolute atomic E-state index is 0.162. The largest absolute Gasteiger partial charge is 0.390 e. The average Bonchev–Trinajstić information content (AvgIpc) is 3.03. The Morgan fingerprint density at radius 2 is 2.44 bits per heavy atom. The molecule has 5 nitrogen and oxygen atoms in total. The number of aliphatic hydroxyl groups is 1. The van der Waals surface area contributed by atoms with Crippen molar-refractivity contribution in [2.75, 3.05) is 6.54 Å². The van der Waals surface area contributed by atoms with Crippen LogP contribution in [0.25, 0.3) is 0 Å². The minimum atomic E-state index is -0.562. The highest BCUT2D eigenvalue weighted by Gasteiger charge is 2.21. The van der Waals surface area contributed by atoms with E-state index in [1.807, 2.05) is 6.92 Å². The maximum Gasteiger partial charge on any atom is 0.267 e. The van der Waals surface area contributed by atoms with Gasteiger partial charge in [-0.2, -0.15) is 5.10 Å². The molecule has 16 heavy (non-hydrogen) atoms. The predicted octanol–water partition coefficient (Wildman–Crippen LogP) is -0.335. The van der Waals surface area contributed by atoms with Gasteiger partial charge in [0, 0.05) is 18.7 Å². The van der Waals surface area contributed by atoms with Crippen LogP contribution in [-0.2, 0) is 6.54 Å². The summed E-state index contributed by atoms with van der Waals surface area (Å²) in [4.78, 5) is 11.5. The van der Waals surface area contributed by atoms with Gasteiger partial charge in [-0.25, -0.2) is 4.68 Å². The van der Waals surface area contributed by atoms with Crippen LogP contribution in [0.2, 0.25) is 0 Å². The molecule has 5 heteroatoms. The summed E-state index contributed by atoms with van der Waals surface area (Å²) in [6, 6.07) is 2.09. The molecule has 1 atom stereocenters. The van der Waals surface area contributed by atoms with E-state index in [9.17, 15) is 9.90 Å². The number of nitrogens with one attached hydrogen (secondary N) is 1. The molecule has 0 saturated heterocycles. The molecule has 0 amide bonds. The van der Waals surface area contributed by atoms with Gasteiger partial charge in [-0.3, -0.25) is 4.79 Å². The van der Waals surface area contributed by atoms with Crippen molar-refractivity contribution in [2.45, 2.75) is 38.5 Å². The zero-order valence-electron chi connectivity index (χ0n) is 9.39. The van der Waals surface area contributed by atoms with Crippen molar-refractivity contribution in [3.05, 3.63) is 28.2 Å². The van der Waals surface area contributed by atoms with E-state index in [-0.39, 0.29) is 12.1 Å². The highest BCUT2D eigenvalue weighted by Crippen LogP contribution is 2.18. The van der Waals surface area contributed by atoms with Gasteiger partial charge in [0.25, 0.3) is 5.56 Å². The molecule has 88 valence electrons.